The van der Waals surface area contributed by atoms with Crippen molar-refractivity contribution in [3.8, 4) is 5.69 Å². The van der Waals surface area contributed by atoms with E-state index in [2.05, 4.69) is 60.6 Å². The lowest BCUT2D eigenvalue weighted by atomic mass is 10.1. The highest BCUT2D eigenvalue weighted by Crippen LogP contribution is 2.19. The molecule has 0 bridgehead atoms. The van der Waals surface area contributed by atoms with Crippen molar-refractivity contribution in [2.45, 2.75) is 13.8 Å². The van der Waals surface area contributed by atoms with E-state index in [9.17, 15) is 0 Å². The Morgan fingerprint density at radius 1 is 0.857 bits per heavy atom. The number of hydrogen-bond acceptors (Lipinski definition) is 1. The molecule has 0 saturated carbocycles. The van der Waals surface area contributed by atoms with Gasteiger partial charge in [0.15, 0.2) is 0 Å². The molecule has 0 fully saturated rings. The SMILES string of the molecule is Cc1cc(C)n(-c2ccccc2/C=C/c2ccccc2)n1. The monoisotopic (exact) mass is 274 g/mol. The number of rotatable bonds is 3. The van der Waals surface area contributed by atoms with Crippen molar-refractivity contribution in [1.29, 1.82) is 0 Å². The van der Waals surface area contributed by atoms with E-state index in [0.29, 0.717) is 0 Å². The van der Waals surface area contributed by atoms with Gasteiger partial charge >= 0.3 is 0 Å². The molecule has 0 atom stereocenters. The van der Waals surface area contributed by atoms with Crippen LogP contribution in [0.15, 0.2) is 60.7 Å². The molecule has 21 heavy (non-hydrogen) atoms. The summed E-state index contributed by atoms with van der Waals surface area (Å²) >= 11 is 0. The van der Waals surface area contributed by atoms with Crippen LogP contribution in [0.1, 0.15) is 22.5 Å². The van der Waals surface area contributed by atoms with E-state index in [1.807, 2.05) is 35.9 Å². The van der Waals surface area contributed by atoms with E-state index in [1.165, 1.54) is 5.56 Å². The second-order valence-electron chi connectivity index (χ2n) is 5.14. The van der Waals surface area contributed by atoms with Gasteiger partial charge in [-0.3, -0.25) is 0 Å². The summed E-state index contributed by atoms with van der Waals surface area (Å²) in [6, 6.07) is 20.7. The van der Waals surface area contributed by atoms with E-state index in [4.69, 9.17) is 0 Å². The maximum absolute atomic E-state index is 4.58. The molecule has 1 heterocycles. The van der Waals surface area contributed by atoms with Crippen molar-refractivity contribution in [3.05, 3.63) is 83.2 Å². The van der Waals surface area contributed by atoms with Crippen LogP contribution in [0, 0.1) is 13.8 Å². The van der Waals surface area contributed by atoms with Crippen LogP contribution in [0.25, 0.3) is 17.8 Å². The normalized spacial score (nSPS) is 11.1. The molecule has 0 N–H and O–H groups in total. The number of aromatic nitrogens is 2. The number of aryl methyl sites for hydroxylation is 2. The molecule has 0 amide bonds. The van der Waals surface area contributed by atoms with Crippen molar-refractivity contribution in [2.24, 2.45) is 0 Å². The summed E-state index contributed by atoms with van der Waals surface area (Å²) in [5, 5.41) is 4.58. The molecule has 3 aromatic rings. The highest BCUT2D eigenvalue weighted by Gasteiger charge is 2.06. The minimum absolute atomic E-state index is 1.04. The first-order valence-electron chi connectivity index (χ1n) is 7.10. The molecule has 0 radical (unpaired) electrons. The van der Waals surface area contributed by atoms with Crippen molar-refractivity contribution >= 4 is 12.2 Å². The Bertz CT molecular complexity index is 767. The second kappa shape index (κ2) is 5.80. The van der Waals surface area contributed by atoms with Crippen LogP contribution in [-0.2, 0) is 0 Å². The average Bonchev–Trinajstić information content (AvgIpc) is 2.85. The molecule has 0 spiro atoms. The summed E-state index contributed by atoms with van der Waals surface area (Å²) in [4.78, 5) is 0. The highest BCUT2D eigenvalue weighted by molar-refractivity contribution is 5.73. The van der Waals surface area contributed by atoms with Crippen LogP contribution in [-0.4, -0.2) is 9.78 Å². The first kappa shape index (κ1) is 13.4. The molecule has 0 aliphatic carbocycles. The summed E-state index contributed by atoms with van der Waals surface area (Å²) in [7, 11) is 0. The van der Waals surface area contributed by atoms with Gasteiger partial charge in [-0.25, -0.2) is 4.68 Å². The Hall–Kier alpha value is -2.61. The number of para-hydroxylation sites is 1. The Balaban J connectivity index is 2.01. The summed E-state index contributed by atoms with van der Waals surface area (Å²) in [6.45, 7) is 4.10. The van der Waals surface area contributed by atoms with Gasteiger partial charge in [0, 0.05) is 11.3 Å². The fraction of sp³-hybridized carbons (Fsp3) is 0.105. The van der Waals surface area contributed by atoms with Crippen molar-refractivity contribution in [2.75, 3.05) is 0 Å². The fourth-order valence-corrected chi connectivity index (χ4v) is 2.44. The zero-order chi connectivity index (χ0) is 14.7. The van der Waals surface area contributed by atoms with E-state index in [1.54, 1.807) is 0 Å². The van der Waals surface area contributed by atoms with E-state index in [-0.39, 0.29) is 0 Å². The molecule has 0 aliphatic rings. The third-order valence-corrected chi connectivity index (χ3v) is 3.43. The van der Waals surface area contributed by atoms with Gasteiger partial charge in [0.2, 0.25) is 0 Å². The fourth-order valence-electron chi connectivity index (χ4n) is 2.44. The summed E-state index contributed by atoms with van der Waals surface area (Å²) in [5.41, 5.74) is 5.64. The Kier molecular flexibility index (Phi) is 3.69. The van der Waals surface area contributed by atoms with E-state index in [0.717, 1.165) is 22.6 Å². The maximum atomic E-state index is 4.58. The lowest BCUT2D eigenvalue weighted by Gasteiger charge is -2.08. The van der Waals surface area contributed by atoms with Gasteiger partial charge in [-0.2, -0.15) is 5.10 Å². The summed E-state index contributed by atoms with van der Waals surface area (Å²) in [5.74, 6) is 0. The van der Waals surface area contributed by atoms with Gasteiger partial charge in [-0.15, -0.1) is 0 Å². The third-order valence-electron chi connectivity index (χ3n) is 3.43. The first-order chi connectivity index (χ1) is 10.2. The van der Waals surface area contributed by atoms with Gasteiger partial charge in [-0.1, -0.05) is 60.7 Å². The van der Waals surface area contributed by atoms with Gasteiger partial charge in [0.05, 0.1) is 11.4 Å². The predicted molar refractivity (Wildman–Crippen MR) is 88.4 cm³/mol. The lowest BCUT2D eigenvalue weighted by molar-refractivity contribution is 0.832. The smallest absolute Gasteiger partial charge is 0.0721 e. The average molecular weight is 274 g/mol. The molecule has 0 aliphatic heterocycles. The summed E-state index contributed by atoms with van der Waals surface area (Å²) in [6.07, 6.45) is 4.27. The molecule has 0 unspecified atom stereocenters. The number of hydrogen-bond donors (Lipinski definition) is 0. The van der Waals surface area contributed by atoms with Crippen LogP contribution >= 0.6 is 0 Å². The molecular weight excluding hydrogens is 256 g/mol. The summed E-state index contributed by atoms with van der Waals surface area (Å²) < 4.78 is 2.00. The molecule has 2 nitrogen and oxygen atoms in total. The molecular formula is C19H18N2. The standard InChI is InChI=1S/C19H18N2/c1-15-14-16(2)21(20-15)19-11-7-6-10-18(19)13-12-17-8-4-3-5-9-17/h3-14H,1-2H3/b13-12+. The Morgan fingerprint density at radius 3 is 2.29 bits per heavy atom. The topological polar surface area (TPSA) is 17.8 Å². The minimum atomic E-state index is 1.04. The maximum Gasteiger partial charge on any atom is 0.0721 e. The molecule has 3 rings (SSSR count). The second-order valence-corrected chi connectivity index (χ2v) is 5.14. The molecule has 104 valence electrons. The molecule has 1 aromatic heterocycles. The quantitative estimate of drug-likeness (QED) is 0.635. The van der Waals surface area contributed by atoms with Crippen LogP contribution in [0.2, 0.25) is 0 Å². The van der Waals surface area contributed by atoms with Gasteiger partial charge in [-0.05, 0) is 31.5 Å². The van der Waals surface area contributed by atoms with E-state index < -0.39 is 0 Å². The molecule has 0 saturated heterocycles. The predicted octanol–water partition coefficient (Wildman–Crippen LogP) is 4.66. The lowest BCUT2D eigenvalue weighted by Crippen LogP contribution is -2.01. The van der Waals surface area contributed by atoms with Crippen LogP contribution in [0.4, 0.5) is 0 Å². The number of nitrogens with zero attached hydrogens (tertiary/aromatic N) is 2. The highest BCUT2D eigenvalue weighted by atomic mass is 15.3. The van der Waals surface area contributed by atoms with Gasteiger partial charge < -0.3 is 0 Å². The van der Waals surface area contributed by atoms with Crippen LogP contribution in [0.3, 0.4) is 0 Å². The third kappa shape index (κ3) is 2.95. The number of benzene rings is 2. The van der Waals surface area contributed by atoms with Crippen LogP contribution < -0.4 is 0 Å². The Morgan fingerprint density at radius 2 is 1.57 bits per heavy atom. The minimum Gasteiger partial charge on any atom is -0.237 e. The first-order valence-corrected chi connectivity index (χ1v) is 7.10. The largest absolute Gasteiger partial charge is 0.237 e. The van der Waals surface area contributed by atoms with Gasteiger partial charge in [0.1, 0.15) is 0 Å². The van der Waals surface area contributed by atoms with Crippen molar-refractivity contribution in [3.63, 3.8) is 0 Å². The van der Waals surface area contributed by atoms with Crippen LogP contribution in [0.5, 0.6) is 0 Å². The zero-order valence-corrected chi connectivity index (χ0v) is 12.3. The van der Waals surface area contributed by atoms with Crippen molar-refractivity contribution < 1.29 is 0 Å². The van der Waals surface area contributed by atoms with E-state index >= 15 is 0 Å². The Labute approximate surface area is 125 Å². The molecule has 2 heteroatoms. The molecule has 2 aromatic carbocycles. The van der Waals surface area contributed by atoms with Crippen molar-refractivity contribution in [1.82, 2.24) is 9.78 Å². The zero-order valence-electron chi connectivity index (χ0n) is 12.3. The van der Waals surface area contributed by atoms with Gasteiger partial charge in [0.25, 0.3) is 0 Å².